The molecule has 142 valence electrons. The Morgan fingerprint density at radius 3 is 2.65 bits per heavy atom. The fourth-order valence-corrected chi connectivity index (χ4v) is 3.56. The van der Waals surface area contributed by atoms with Crippen molar-refractivity contribution in [2.75, 3.05) is 44.7 Å². The Bertz CT molecular complexity index is 614. The van der Waals surface area contributed by atoms with Crippen molar-refractivity contribution in [3.8, 4) is 5.75 Å². The van der Waals surface area contributed by atoms with Crippen molar-refractivity contribution in [2.24, 2.45) is 0 Å². The van der Waals surface area contributed by atoms with Gasteiger partial charge in [0.2, 0.25) is 5.91 Å². The molecule has 26 heavy (non-hydrogen) atoms. The number of likely N-dealkylation sites (tertiary alicyclic amines) is 1. The number of methoxy groups -OCH3 is 1. The van der Waals surface area contributed by atoms with Crippen LogP contribution in [-0.2, 0) is 4.79 Å². The Kier molecular flexibility index (Phi) is 6.33. The van der Waals surface area contributed by atoms with Gasteiger partial charge in [-0.3, -0.25) is 4.79 Å². The monoisotopic (exact) mass is 360 g/mol. The smallest absolute Gasteiger partial charge is 0.315 e. The molecule has 0 aromatic heterocycles. The summed E-state index contributed by atoms with van der Waals surface area (Å²) in [5, 5.41) is 5.80. The Morgan fingerprint density at radius 1 is 1.23 bits per heavy atom. The van der Waals surface area contributed by atoms with Crippen molar-refractivity contribution >= 4 is 17.6 Å². The highest BCUT2D eigenvalue weighted by Crippen LogP contribution is 2.24. The first-order valence-electron chi connectivity index (χ1n) is 9.37. The minimum absolute atomic E-state index is 0.0227. The van der Waals surface area contributed by atoms with Crippen LogP contribution < -0.4 is 20.3 Å². The quantitative estimate of drug-likeness (QED) is 0.724. The second-order valence-electron chi connectivity index (χ2n) is 6.91. The SMILES string of the molecule is COc1ccc(N2C[C@H](NC(=O)NCCCN3CCCC3)CC2=O)cc1. The number of amides is 3. The van der Waals surface area contributed by atoms with E-state index in [1.165, 1.54) is 25.9 Å². The van der Waals surface area contributed by atoms with Gasteiger partial charge in [-0.2, -0.15) is 0 Å². The molecule has 0 spiro atoms. The predicted octanol–water partition coefficient (Wildman–Crippen LogP) is 1.59. The van der Waals surface area contributed by atoms with Crippen molar-refractivity contribution in [1.82, 2.24) is 15.5 Å². The molecular weight excluding hydrogens is 332 g/mol. The average Bonchev–Trinajstić information content (AvgIpc) is 3.28. The zero-order valence-electron chi connectivity index (χ0n) is 15.4. The van der Waals surface area contributed by atoms with E-state index in [4.69, 9.17) is 4.74 Å². The highest BCUT2D eigenvalue weighted by Gasteiger charge is 2.31. The van der Waals surface area contributed by atoms with Gasteiger partial charge in [0, 0.05) is 25.2 Å². The first kappa shape index (κ1) is 18.5. The fourth-order valence-electron chi connectivity index (χ4n) is 3.56. The van der Waals surface area contributed by atoms with Crippen LogP contribution in [0.2, 0.25) is 0 Å². The number of anilines is 1. The number of hydrogen-bond donors (Lipinski definition) is 2. The summed E-state index contributed by atoms with van der Waals surface area (Å²) in [5.74, 6) is 0.776. The van der Waals surface area contributed by atoms with E-state index in [1.807, 2.05) is 24.3 Å². The van der Waals surface area contributed by atoms with Crippen LogP contribution in [0.5, 0.6) is 5.75 Å². The third-order valence-electron chi connectivity index (χ3n) is 4.98. The second kappa shape index (κ2) is 8.89. The first-order chi connectivity index (χ1) is 12.7. The number of nitrogens with zero attached hydrogens (tertiary/aromatic N) is 2. The topological polar surface area (TPSA) is 73.9 Å². The van der Waals surface area contributed by atoms with Crippen LogP contribution in [-0.4, -0.2) is 62.7 Å². The maximum atomic E-state index is 12.2. The summed E-state index contributed by atoms with van der Waals surface area (Å²) in [7, 11) is 1.61. The van der Waals surface area contributed by atoms with Crippen molar-refractivity contribution in [3.05, 3.63) is 24.3 Å². The molecule has 2 aliphatic heterocycles. The Balaban J connectivity index is 1.39. The average molecular weight is 360 g/mol. The van der Waals surface area contributed by atoms with Gasteiger partial charge in [0.25, 0.3) is 0 Å². The van der Waals surface area contributed by atoms with Crippen LogP contribution in [0, 0.1) is 0 Å². The van der Waals surface area contributed by atoms with Gasteiger partial charge in [0.1, 0.15) is 5.75 Å². The number of hydrogen-bond acceptors (Lipinski definition) is 4. The van der Waals surface area contributed by atoms with E-state index in [9.17, 15) is 9.59 Å². The zero-order valence-corrected chi connectivity index (χ0v) is 15.4. The van der Waals surface area contributed by atoms with Crippen molar-refractivity contribution in [2.45, 2.75) is 31.7 Å². The number of urea groups is 1. The lowest BCUT2D eigenvalue weighted by Crippen LogP contribution is -2.44. The van der Waals surface area contributed by atoms with Crippen LogP contribution in [0.4, 0.5) is 10.5 Å². The summed E-state index contributed by atoms with van der Waals surface area (Å²) in [6.45, 7) is 4.54. The van der Waals surface area contributed by atoms with Gasteiger partial charge in [-0.15, -0.1) is 0 Å². The number of carbonyl (C=O) groups excluding carboxylic acids is 2. The van der Waals surface area contributed by atoms with E-state index in [2.05, 4.69) is 15.5 Å². The van der Waals surface area contributed by atoms with E-state index >= 15 is 0 Å². The van der Waals surface area contributed by atoms with Crippen LogP contribution in [0.1, 0.15) is 25.7 Å². The molecule has 0 bridgehead atoms. The third-order valence-corrected chi connectivity index (χ3v) is 4.98. The molecule has 2 saturated heterocycles. The van der Waals surface area contributed by atoms with E-state index < -0.39 is 0 Å². The van der Waals surface area contributed by atoms with Crippen molar-refractivity contribution < 1.29 is 14.3 Å². The minimum Gasteiger partial charge on any atom is -0.497 e. The molecule has 1 aromatic carbocycles. The zero-order chi connectivity index (χ0) is 18.4. The number of rotatable bonds is 7. The molecule has 3 amide bonds. The summed E-state index contributed by atoms with van der Waals surface area (Å²) in [5.41, 5.74) is 0.825. The van der Waals surface area contributed by atoms with Gasteiger partial charge in [-0.05, 0) is 63.2 Å². The number of nitrogens with one attached hydrogen (secondary N) is 2. The van der Waals surface area contributed by atoms with Crippen LogP contribution in [0.15, 0.2) is 24.3 Å². The lowest BCUT2D eigenvalue weighted by Gasteiger charge is -2.18. The molecule has 7 nitrogen and oxygen atoms in total. The van der Waals surface area contributed by atoms with Gasteiger partial charge < -0.3 is 25.2 Å². The molecule has 7 heteroatoms. The van der Waals surface area contributed by atoms with E-state index in [-0.39, 0.29) is 18.0 Å². The lowest BCUT2D eigenvalue weighted by molar-refractivity contribution is -0.117. The summed E-state index contributed by atoms with van der Waals surface area (Å²) < 4.78 is 5.14. The lowest BCUT2D eigenvalue weighted by atomic mass is 10.2. The van der Waals surface area contributed by atoms with E-state index in [0.717, 1.165) is 24.4 Å². The summed E-state index contributed by atoms with van der Waals surface area (Å²) in [6, 6.07) is 7.02. The van der Waals surface area contributed by atoms with Crippen LogP contribution >= 0.6 is 0 Å². The van der Waals surface area contributed by atoms with Gasteiger partial charge in [-0.25, -0.2) is 4.79 Å². The molecule has 3 rings (SSSR count). The van der Waals surface area contributed by atoms with Crippen molar-refractivity contribution in [1.29, 1.82) is 0 Å². The normalized spacial score (nSPS) is 20.4. The highest BCUT2D eigenvalue weighted by atomic mass is 16.5. The largest absolute Gasteiger partial charge is 0.497 e. The molecule has 2 fully saturated rings. The van der Waals surface area contributed by atoms with Gasteiger partial charge in [0.05, 0.1) is 13.2 Å². The maximum Gasteiger partial charge on any atom is 0.315 e. The molecule has 2 N–H and O–H groups in total. The summed E-state index contributed by atoms with van der Waals surface area (Å²) >= 11 is 0. The van der Waals surface area contributed by atoms with E-state index in [1.54, 1.807) is 12.0 Å². The molecule has 2 heterocycles. The third kappa shape index (κ3) is 4.88. The number of ether oxygens (including phenoxy) is 1. The molecule has 2 aliphatic rings. The van der Waals surface area contributed by atoms with Crippen LogP contribution in [0.3, 0.4) is 0 Å². The van der Waals surface area contributed by atoms with Gasteiger partial charge in [-0.1, -0.05) is 0 Å². The number of benzene rings is 1. The standard InChI is InChI=1S/C19H28N4O3/c1-26-17-7-5-16(6-8-17)23-14-15(13-18(23)24)21-19(25)20-9-4-12-22-10-2-3-11-22/h5-8,15H,2-4,9-14H2,1H3,(H2,20,21,25)/t15-/m1/s1. The van der Waals surface area contributed by atoms with Crippen molar-refractivity contribution in [3.63, 3.8) is 0 Å². The molecule has 0 aliphatic carbocycles. The van der Waals surface area contributed by atoms with Crippen LogP contribution in [0.25, 0.3) is 0 Å². The second-order valence-corrected chi connectivity index (χ2v) is 6.91. The fraction of sp³-hybridized carbons (Fsp3) is 0.579. The molecular formula is C19H28N4O3. The Hall–Kier alpha value is -2.28. The minimum atomic E-state index is -0.194. The Morgan fingerprint density at radius 2 is 1.96 bits per heavy atom. The molecule has 1 aromatic rings. The molecule has 1 atom stereocenters. The first-order valence-corrected chi connectivity index (χ1v) is 9.37. The molecule has 0 saturated carbocycles. The van der Waals surface area contributed by atoms with E-state index in [0.29, 0.717) is 19.5 Å². The summed E-state index contributed by atoms with van der Waals surface area (Å²) in [4.78, 5) is 28.4. The predicted molar refractivity (Wildman–Crippen MR) is 101 cm³/mol. The molecule has 0 radical (unpaired) electrons. The Labute approximate surface area is 154 Å². The summed E-state index contributed by atoms with van der Waals surface area (Å²) in [6.07, 6.45) is 3.85. The van der Waals surface area contributed by atoms with Gasteiger partial charge >= 0.3 is 6.03 Å². The van der Waals surface area contributed by atoms with Gasteiger partial charge in [0.15, 0.2) is 0 Å². The number of carbonyl (C=O) groups is 2. The molecule has 0 unspecified atom stereocenters. The highest BCUT2D eigenvalue weighted by molar-refractivity contribution is 5.96. The maximum absolute atomic E-state index is 12.2.